The molecule has 18 heavy (non-hydrogen) atoms. The molecule has 0 aliphatic carbocycles. The Morgan fingerprint density at radius 2 is 2.22 bits per heavy atom. The van der Waals surface area contributed by atoms with Crippen LogP contribution in [0, 0.1) is 5.82 Å². The quantitative estimate of drug-likeness (QED) is 0.866. The maximum Gasteiger partial charge on any atom is 0.127 e. The van der Waals surface area contributed by atoms with Crippen molar-refractivity contribution in [2.75, 3.05) is 40.3 Å². The Morgan fingerprint density at radius 1 is 1.44 bits per heavy atom. The molecule has 1 fully saturated rings. The summed E-state index contributed by atoms with van der Waals surface area (Å²) >= 11 is 0. The number of hydrogen-bond donors (Lipinski definition) is 1. The number of benzene rings is 1. The van der Waals surface area contributed by atoms with Crippen LogP contribution in [0.5, 0.6) is 0 Å². The number of halogens is 1. The van der Waals surface area contributed by atoms with Crippen LogP contribution in [0.1, 0.15) is 5.56 Å². The predicted octanol–water partition coefficient (Wildman–Crippen LogP) is 1.16. The average Bonchev–Trinajstić information content (AvgIpc) is 2.35. The average molecular weight is 251 g/mol. The Hall–Kier alpha value is -0.970. The number of piperazine rings is 1. The molecule has 1 aliphatic heterocycles. The smallest absolute Gasteiger partial charge is 0.127 e. The van der Waals surface area contributed by atoms with Crippen LogP contribution in [0.3, 0.4) is 0 Å². The van der Waals surface area contributed by atoms with Crippen LogP contribution in [0.15, 0.2) is 24.3 Å². The molecule has 1 atom stereocenters. The molecular formula is C14H22FN3. The fraction of sp³-hybridized carbons (Fsp3) is 0.571. The van der Waals surface area contributed by atoms with Crippen LogP contribution in [-0.2, 0) is 6.54 Å². The van der Waals surface area contributed by atoms with E-state index in [1.807, 2.05) is 12.1 Å². The van der Waals surface area contributed by atoms with E-state index in [4.69, 9.17) is 0 Å². The molecule has 2 rings (SSSR count). The highest BCUT2D eigenvalue weighted by molar-refractivity contribution is 5.17. The van der Waals surface area contributed by atoms with E-state index in [0.717, 1.165) is 31.7 Å². The maximum atomic E-state index is 13.6. The van der Waals surface area contributed by atoms with Gasteiger partial charge < -0.3 is 10.2 Å². The van der Waals surface area contributed by atoms with Crippen LogP contribution >= 0.6 is 0 Å². The first kappa shape index (κ1) is 13.5. The van der Waals surface area contributed by atoms with E-state index in [2.05, 4.69) is 29.2 Å². The molecule has 0 amide bonds. The molecule has 4 heteroatoms. The van der Waals surface area contributed by atoms with Gasteiger partial charge in [0.2, 0.25) is 0 Å². The van der Waals surface area contributed by atoms with Crippen molar-refractivity contribution in [2.24, 2.45) is 0 Å². The van der Waals surface area contributed by atoms with Gasteiger partial charge in [0.05, 0.1) is 0 Å². The second kappa shape index (κ2) is 6.27. The lowest BCUT2D eigenvalue weighted by molar-refractivity contribution is 0.149. The zero-order valence-electron chi connectivity index (χ0n) is 11.2. The molecule has 1 saturated heterocycles. The number of hydrogen-bond acceptors (Lipinski definition) is 3. The highest BCUT2D eigenvalue weighted by atomic mass is 19.1. The lowest BCUT2D eigenvalue weighted by Crippen LogP contribution is -2.53. The van der Waals surface area contributed by atoms with Gasteiger partial charge in [0.25, 0.3) is 0 Å². The normalized spacial score (nSPS) is 21.4. The Morgan fingerprint density at radius 3 is 2.94 bits per heavy atom. The van der Waals surface area contributed by atoms with E-state index in [1.165, 1.54) is 6.07 Å². The van der Waals surface area contributed by atoms with Gasteiger partial charge >= 0.3 is 0 Å². The molecule has 0 radical (unpaired) electrons. The summed E-state index contributed by atoms with van der Waals surface area (Å²) in [5.74, 6) is -0.112. The molecule has 1 heterocycles. The highest BCUT2D eigenvalue weighted by Crippen LogP contribution is 2.10. The lowest BCUT2D eigenvalue weighted by Gasteiger charge is -2.35. The van der Waals surface area contributed by atoms with Crippen molar-refractivity contribution in [2.45, 2.75) is 12.6 Å². The third-order valence-corrected chi connectivity index (χ3v) is 3.57. The largest absolute Gasteiger partial charge is 0.314 e. The Kier molecular flexibility index (Phi) is 4.69. The molecule has 1 unspecified atom stereocenters. The van der Waals surface area contributed by atoms with E-state index in [9.17, 15) is 4.39 Å². The van der Waals surface area contributed by atoms with E-state index in [0.29, 0.717) is 12.6 Å². The molecule has 1 N–H and O–H groups in total. The Bertz CT molecular complexity index is 383. The summed E-state index contributed by atoms with van der Waals surface area (Å²) in [5, 5.41) is 3.40. The number of nitrogens with zero attached hydrogens (tertiary/aromatic N) is 2. The summed E-state index contributed by atoms with van der Waals surface area (Å²) in [6, 6.07) is 7.51. The lowest BCUT2D eigenvalue weighted by atomic mass is 10.1. The second-order valence-corrected chi connectivity index (χ2v) is 5.13. The minimum Gasteiger partial charge on any atom is -0.314 e. The van der Waals surface area contributed by atoms with E-state index < -0.39 is 0 Å². The molecule has 0 bridgehead atoms. The van der Waals surface area contributed by atoms with Gasteiger partial charge in [0.1, 0.15) is 5.82 Å². The zero-order valence-corrected chi connectivity index (χ0v) is 11.2. The zero-order chi connectivity index (χ0) is 13.0. The third-order valence-electron chi connectivity index (χ3n) is 3.57. The van der Waals surface area contributed by atoms with Crippen LogP contribution < -0.4 is 5.32 Å². The number of rotatable bonds is 4. The van der Waals surface area contributed by atoms with Gasteiger partial charge in [0.15, 0.2) is 0 Å². The first-order valence-corrected chi connectivity index (χ1v) is 6.49. The first-order valence-electron chi connectivity index (χ1n) is 6.49. The van der Waals surface area contributed by atoms with Gasteiger partial charge in [-0.2, -0.15) is 0 Å². The van der Waals surface area contributed by atoms with E-state index in [1.54, 1.807) is 6.07 Å². The van der Waals surface area contributed by atoms with Gasteiger partial charge in [-0.15, -0.1) is 0 Å². The van der Waals surface area contributed by atoms with Gasteiger partial charge in [-0.1, -0.05) is 18.2 Å². The number of likely N-dealkylation sites (N-methyl/N-ethyl adjacent to an activating group) is 2. The summed E-state index contributed by atoms with van der Waals surface area (Å²) in [6.07, 6.45) is 0. The third kappa shape index (κ3) is 3.51. The van der Waals surface area contributed by atoms with Crippen LogP contribution in [0.2, 0.25) is 0 Å². The molecule has 0 aromatic heterocycles. The Labute approximate surface area is 109 Å². The van der Waals surface area contributed by atoms with Crippen molar-refractivity contribution in [3.05, 3.63) is 35.6 Å². The van der Waals surface area contributed by atoms with E-state index in [-0.39, 0.29) is 5.82 Å². The standard InChI is InChI=1S/C14H22FN3/c1-17(10-12-5-3-4-6-14(12)15)11-13-9-16-7-8-18(13)2/h3-6,13,16H,7-11H2,1-2H3. The molecule has 0 saturated carbocycles. The summed E-state index contributed by atoms with van der Waals surface area (Å²) < 4.78 is 13.6. The van der Waals surface area contributed by atoms with Crippen LogP contribution in [-0.4, -0.2) is 56.1 Å². The van der Waals surface area contributed by atoms with Crippen molar-refractivity contribution >= 4 is 0 Å². The topological polar surface area (TPSA) is 18.5 Å². The van der Waals surface area contributed by atoms with Gasteiger partial charge in [-0.25, -0.2) is 4.39 Å². The monoisotopic (exact) mass is 251 g/mol. The summed E-state index contributed by atoms with van der Waals surface area (Å²) in [4.78, 5) is 4.56. The predicted molar refractivity (Wildman–Crippen MR) is 72.0 cm³/mol. The summed E-state index contributed by atoms with van der Waals surface area (Å²) in [6.45, 7) is 4.77. The molecule has 100 valence electrons. The number of nitrogens with one attached hydrogen (secondary N) is 1. The minimum absolute atomic E-state index is 0.112. The van der Waals surface area contributed by atoms with Gasteiger partial charge in [-0.05, 0) is 20.2 Å². The van der Waals surface area contributed by atoms with Crippen molar-refractivity contribution in [3.63, 3.8) is 0 Å². The molecule has 0 spiro atoms. The van der Waals surface area contributed by atoms with Crippen molar-refractivity contribution < 1.29 is 4.39 Å². The van der Waals surface area contributed by atoms with Crippen molar-refractivity contribution in [3.8, 4) is 0 Å². The highest BCUT2D eigenvalue weighted by Gasteiger charge is 2.20. The van der Waals surface area contributed by atoms with E-state index >= 15 is 0 Å². The van der Waals surface area contributed by atoms with Crippen LogP contribution in [0.4, 0.5) is 4.39 Å². The molecule has 1 aromatic carbocycles. The maximum absolute atomic E-state index is 13.6. The SMILES string of the molecule is CN(Cc1ccccc1F)CC1CNCCN1C. The molecule has 1 aromatic rings. The van der Waals surface area contributed by atoms with Crippen LogP contribution in [0.25, 0.3) is 0 Å². The molecule has 1 aliphatic rings. The fourth-order valence-electron chi connectivity index (χ4n) is 2.41. The minimum atomic E-state index is -0.112. The summed E-state index contributed by atoms with van der Waals surface area (Å²) in [7, 11) is 4.21. The van der Waals surface area contributed by atoms with Gasteiger partial charge in [0, 0.05) is 44.3 Å². The van der Waals surface area contributed by atoms with Gasteiger partial charge in [-0.3, -0.25) is 4.90 Å². The fourth-order valence-corrected chi connectivity index (χ4v) is 2.41. The summed E-state index contributed by atoms with van der Waals surface area (Å²) in [5.41, 5.74) is 0.770. The first-order chi connectivity index (χ1) is 8.66. The Balaban J connectivity index is 1.88. The van der Waals surface area contributed by atoms with Crippen molar-refractivity contribution in [1.29, 1.82) is 0 Å². The second-order valence-electron chi connectivity index (χ2n) is 5.13. The van der Waals surface area contributed by atoms with Crippen molar-refractivity contribution in [1.82, 2.24) is 15.1 Å². The molecule has 3 nitrogen and oxygen atoms in total. The molecular weight excluding hydrogens is 229 g/mol.